The summed E-state index contributed by atoms with van der Waals surface area (Å²) in [4.78, 5) is 15.2. The highest BCUT2D eigenvalue weighted by Gasteiger charge is 2.50. The van der Waals surface area contributed by atoms with Crippen LogP contribution in [0, 0.1) is 13.8 Å². The van der Waals surface area contributed by atoms with Crippen molar-refractivity contribution in [1.29, 1.82) is 0 Å². The minimum absolute atomic E-state index is 0.103. The maximum absolute atomic E-state index is 13.2. The minimum Gasteiger partial charge on any atom is -0.333 e. The van der Waals surface area contributed by atoms with Crippen molar-refractivity contribution in [1.82, 2.24) is 14.7 Å². The number of amides is 1. The zero-order valence-corrected chi connectivity index (χ0v) is 14.9. The Kier molecular flexibility index (Phi) is 3.68. The first-order valence-corrected chi connectivity index (χ1v) is 9.07. The number of alkyl halides is 1. The van der Waals surface area contributed by atoms with Crippen LogP contribution in [0.25, 0.3) is 0 Å². The second kappa shape index (κ2) is 5.62. The van der Waals surface area contributed by atoms with E-state index >= 15 is 0 Å². The second-order valence-corrected chi connectivity index (χ2v) is 7.43. The summed E-state index contributed by atoms with van der Waals surface area (Å²) >= 11 is 5.84. The molecule has 0 N–H and O–H groups in total. The van der Waals surface area contributed by atoms with E-state index in [9.17, 15) is 4.79 Å². The Morgan fingerprint density at radius 1 is 1.29 bits per heavy atom. The van der Waals surface area contributed by atoms with Crippen LogP contribution in [0.5, 0.6) is 0 Å². The van der Waals surface area contributed by atoms with E-state index < -0.39 is 0 Å². The van der Waals surface area contributed by atoms with E-state index in [-0.39, 0.29) is 11.3 Å². The number of hydrogen-bond acceptors (Lipinski definition) is 2. The Hall–Kier alpha value is -1.81. The SMILES string of the molecule is Cc1nn(CCCl)c(C)c1C(=O)N1Cc2ccccc2C2(CC2)C1. The number of aryl methyl sites for hydroxylation is 2. The number of halogens is 1. The molecule has 1 aromatic carbocycles. The van der Waals surface area contributed by atoms with E-state index in [1.54, 1.807) is 0 Å². The van der Waals surface area contributed by atoms with Crippen LogP contribution in [0.15, 0.2) is 24.3 Å². The predicted molar refractivity (Wildman–Crippen MR) is 94.5 cm³/mol. The van der Waals surface area contributed by atoms with Crippen molar-refractivity contribution in [2.45, 2.75) is 45.2 Å². The number of carbonyl (C=O) groups excluding carboxylic acids is 1. The highest BCUT2D eigenvalue weighted by Crippen LogP contribution is 2.52. The summed E-state index contributed by atoms with van der Waals surface area (Å²) in [7, 11) is 0. The van der Waals surface area contributed by atoms with Crippen molar-refractivity contribution >= 4 is 17.5 Å². The summed E-state index contributed by atoms with van der Waals surface area (Å²) in [5, 5.41) is 4.50. The molecule has 1 aliphatic carbocycles. The number of aromatic nitrogens is 2. The Bertz CT molecular complexity index is 807. The molecule has 1 saturated carbocycles. The summed E-state index contributed by atoms with van der Waals surface area (Å²) in [6, 6.07) is 8.57. The van der Waals surface area contributed by atoms with Crippen molar-refractivity contribution in [3.63, 3.8) is 0 Å². The van der Waals surface area contributed by atoms with Crippen LogP contribution in [-0.4, -0.2) is 33.0 Å². The van der Waals surface area contributed by atoms with Gasteiger partial charge >= 0.3 is 0 Å². The third-order valence-electron chi connectivity index (χ3n) is 5.48. The third kappa shape index (κ3) is 2.35. The van der Waals surface area contributed by atoms with Gasteiger partial charge in [0.1, 0.15) is 0 Å². The predicted octanol–water partition coefficient (Wildman–Crippen LogP) is 3.43. The molecule has 0 bridgehead atoms. The molecule has 1 amide bonds. The molecule has 24 heavy (non-hydrogen) atoms. The summed E-state index contributed by atoms with van der Waals surface area (Å²) in [5.74, 6) is 0.599. The second-order valence-electron chi connectivity index (χ2n) is 7.06. The fraction of sp³-hybridized carbons (Fsp3) is 0.474. The number of fused-ring (bicyclic) bond motifs is 2. The minimum atomic E-state index is 0.103. The molecule has 1 spiro atoms. The monoisotopic (exact) mass is 343 g/mol. The van der Waals surface area contributed by atoms with Gasteiger partial charge in [-0.05, 0) is 37.8 Å². The van der Waals surface area contributed by atoms with Gasteiger partial charge in [0, 0.05) is 30.1 Å². The molecule has 0 radical (unpaired) electrons. The van der Waals surface area contributed by atoms with Crippen LogP contribution in [0.2, 0.25) is 0 Å². The van der Waals surface area contributed by atoms with Gasteiger partial charge in [-0.2, -0.15) is 5.10 Å². The maximum atomic E-state index is 13.2. The number of nitrogens with zero attached hydrogens (tertiary/aromatic N) is 3. The number of rotatable bonds is 3. The van der Waals surface area contributed by atoms with Gasteiger partial charge in [-0.1, -0.05) is 24.3 Å². The van der Waals surface area contributed by atoms with E-state index in [1.165, 1.54) is 24.0 Å². The molecule has 2 heterocycles. The number of hydrogen-bond donors (Lipinski definition) is 0. The van der Waals surface area contributed by atoms with E-state index in [0.717, 1.165) is 23.5 Å². The lowest BCUT2D eigenvalue weighted by atomic mass is 9.86. The first-order chi connectivity index (χ1) is 11.6. The highest BCUT2D eigenvalue weighted by atomic mass is 35.5. The van der Waals surface area contributed by atoms with Gasteiger partial charge < -0.3 is 4.90 Å². The van der Waals surface area contributed by atoms with Gasteiger partial charge in [0.25, 0.3) is 5.91 Å². The Morgan fingerprint density at radius 3 is 2.75 bits per heavy atom. The van der Waals surface area contributed by atoms with Gasteiger partial charge in [0.05, 0.1) is 17.8 Å². The smallest absolute Gasteiger partial charge is 0.257 e. The van der Waals surface area contributed by atoms with Gasteiger partial charge in [-0.25, -0.2) is 0 Å². The third-order valence-corrected chi connectivity index (χ3v) is 5.64. The Balaban J connectivity index is 1.67. The summed E-state index contributed by atoms with van der Waals surface area (Å²) in [6.07, 6.45) is 2.36. The van der Waals surface area contributed by atoms with Crippen molar-refractivity contribution in [2.75, 3.05) is 12.4 Å². The van der Waals surface area contributed by atoms with Gasteiger partial charge in [0.2, 0.25) is 0 Å². The van der Waals surface area contributed by atoms with Crippen LogP contribution in [0.3, 0.4) is 0 Å². The fourth-order valence-electron chi connectivity index (χ4n) is 4.07. The molecule has 0 atom stereocenters. The lowest BCUT2D eigenvalue weighted by Crippen LogP contribution is -2.42. The molecular weight excluding hydrogens is 322 g/mol. The molecule has 1 fully saturated rings. The first kappa shape index (κ1) is 15.7. The van der Waals surface area contributed by atoms with E-state index in [0.29, 0.717) is 19.0 Å². The average molecular weight is 344 g/mol. The van der Waals surface area contributed by atoms with Crippen LogP contribution in [0.4, 0.5) is 0 Å². The van der Waals surface area contributed by atoms with Gasteiger partial charge in [-0.3, -0.25) is 9.48 Å². The highest BCUT2D eigenvalue weighted by molar-refractivity contribution is 6.17. The van der Waals surface area contributed by atoms with Gasteiger partial charge in [0.15, 0.2) is 0 Å². The molecule has 1 aromatic heterocycles. The van der Waals surface area contributed by atoms with Crippen LogP contribution in [0.1, 0.15) is 45.7 Å². The van der Waals surface area contributed by atoms with E-state index in [2.05, 4.69) is 29.4 Å². The molecule has 4 rings (SSSR count). The van der Waals surface area contributed by atoms with Crippen LogP contribution in [-0.2, 0) is 18.5 Å². The van der Waals surface area contributed by atoms with E-state index in [1.807, 2.05) is 23.4 Å². The van der Waals surface area contributed by atoms with Crippen molar-refractivity contribution in [3.8, 4) is 0 Å². The lowest BCUT2D eigenvalue weighted by Gasteiger charge is -2.35. The normalized spacial score (nSPS) is 17.9. The summed E-state index contributed by atoms with van der Waals surface area (Å²) in [5.41, 5.74) is 5.39. The van der Waals surface area contributed by atoms with Crippen LogP contribution >= 0.6 is 11.6 Å². The quantitative estimate of drug-likeness (QED) is 0.801. The lowest BCUT2D eigenvalue weighted by molar-refractivity contribution is 0.0708. The first-order valence-electron chi connectivity index (χ1n) is 8.53. The molecule has 2 aliphatic rings. The van der Waals surface area contributed by atoms with Crippen LogP contribution < -0.4 is 0 Å². The summed E-state index contributed by atoms with van der Waals surface area (Å²) in [6.45, 7) is 6.02. The molecule has 0 unspecified atom stereocenters. The van der Waals surface area contributed by atoms with E-state index in [4.69, 9.17) is 11.6 Å². The molecule has 1 aliphatic heterocycles. The Morgan fingerprint density at radius 2 is 2.04 bits per heavy atom. The largest absolute Gasteiger partial charge is 0.333 e. The number of carbonyl (C=O) groups is 1. The molecule has 126 valence electrons. The average Bonchev–Trinajstić information content (AvgIpc) is 3.28. The maximum Gasteiger partial charge on any atom is 0.257 e. The zero-order valence-electron chi connectivity index (χ0n) is 14.2. The molecule has 0 saturated heterocycles. The van der Waals surface area contributed by atoms with Crippen molar-refractivity contribution in [3.05, 3.63) is 52.3 Å². The van der Waals surface area contributed by atoms with Crippen molar-refractivity contribution in [2.24, 2.45) is 0 Å². The molecule has 2 aromatic rings. The summed E-state index contributed by atoms with van der Waals surface area (Å²) < 4.78 is 1.85. The Labute approximate surface area is 147 Å². The fourth-order valence-corrected chi connectivity index (χ4v) is 4.23. The zero-order chi connectivity index (χ0) is 16.9. The molecular formula is C19H22ClN3O. The molecule has 5 heteroatoms. The number of benzene rings is 1. The standard InChI is InChI=1S/C19H22ClN3O/c1-13-17(14(2)23(21-13)10-9-20)18(24)22-11-15-5-3-4-6-16(15)19(12-22)7-8-19/h3-6H,7-12H2,1-2H3. The van der Waals surface area contributed by atoms with Gasteiger partial charge in [-0.15, -0.1) is 11.6 Å². The topological polar surface area (TPSA) is 38.1 Å². The molecule has 4 nitrogen and oxygen atoms in total. The van der Waals surface area contributed by atoms with Crippen molar-refractivity contribution < 1.29 is 4.79 Å².